The fourth-order valence-electron chi connectivity index (χ4n) is 4.07. The maximum absolute atomic E-state index is 12.0. The van der Waals surface area contributed by atoms with Gasteiger partial charge in [0.2, 0.25) is 0 Å². The molecule has 0 aliphatic heterocycles. The number of aliphatic carboxylic acids is 1. The first kappa shape index (κ1) is 18.8. The summed E-state index contributed by atoms with van der Waals surface area (Å²) < 4.78 is 0.333. The first-order valence-corrected chi connectivity index (χ1v) is 8.80. The van der Waals surface area contributed by atoms with Crippen molar-refractivity contribution >= 4 is 27.9 Å². The highest BCUT2D eigenvalue weighted by Gasteiger charge is 2.53. The highest BCUT2D eigenvalue weighted by molar-refractivity contribution is 9.10. The molecule has 1 aromatic rings. The molecule has 6 heteroatoms. The summed E-state index contributed by atoms with van der Waals surface area (Å²) in [6, 6.07) is 1.71. The van der Waals surface area contributed by atoms with E-state index in [0.717, 1.165) is 6.42 Å². The van der Waals surface area contributed by atoms with E-state index in [1.54, 1.807) is 19.9 Å². The first-order valence-electron chi connectivity index (χ1n) is 8.01. The number of aromatic hydroxyl groups is 1. The second-order valence-corrected chi connectivity index (χ2v) is 8.07. The molecule has 1 aromatic carbocycles. The van der Waals surface area contributed by atoms with Crippen LogP contribution in [-0.4, -0.2) is 27.3 Å². The molecule has 1 aliphatic carbocycles. The average Bonchev–Trinajstić information content (AvgIpc) is 2.83. The van der Waals surface area contributed by atoms with Crippen molar-refractivity contribution < 1.29 is 24.9 Å². The van der Waals surface area contributed by atoms with Gasteiger partial charge in [0.05, 0.1) is 9.89 Å². The van der Waals surface area contributed by atoms with E-state index in [1.165, 1.54) is 0 Å². The number of phenols is 1. The van der Waals surface area contributed by atoms with Crippen LogP contribution in [0.25, 0.3) is 0 Å². The van der Waals surface area contributed by atoms with Gasteiger partial charge in [0.1, 0.15) is 11.3 Å². The van der Waals surface area contributed by atoms with Crippen molar-refractivity contribution in [3.8, 4) is 5.75 Å². The second kappa shape index (κ2) is 6.39. The summed E-state index contributed by atoms with van der Waals surface area (Å²) >= 11 is 3.21. The lowest BCUT2D eigenvalue weighted by Crippen LogP contribution is -2.34. The molecule has 0 heterocycles. The lowest BCUT2D eigenvalue weighted by Gasteiger charge is -2.34. The van der Waals surface area contributed by atoms with Crippen LogP contribution in [0.15, 0.2) is 10.5 Å². The maximum atomic E-state index is 12.0. The molecular formula is C18H23BrO5. The predicted octanol–water partition coefficient (Wildman–Crippen LogP) is 4.40. The number of carboxylic acid groups (broad SMARTS) is 2. The fraction of sp³-hybridized carbons (Fsp3) is 0.556. The van der Waals surface area contributed by atoms with E-state index in [0.29, 0.717) is 22.0 Å². The second-order valence-electron chi connectivity index (χ2n) is 7.27. The molecule has 0 aromatic heterocycles. The third kappa shape index (κ3) is 2.81. The van der Waals surface area contributed by atoms with Crippen molar-refractivity contribution in [2.24, 2.45) is 17.3 Å². The van der Waals surface area contributed by atoms with Crippen LogP contribution in [0.2, 0.25) is 0 Å². The van der Waals surface area contributed by atoms with Gasteiger partial charge in [-0.2, -0.15) is 0 Å². The molecule has 0 saturated heterocycles. The van der Waals surface area contributed by atoms with Crippen LogP contribution in [-0.2, 0) is 4.79 Å². The Morgan fingerprint density at radius 1 is 1.33 bits per heavy atom. The Morgan fingerprint density at radius 2 is 1.92 bits per heavy atom. The Labute approximate surface area is 149 Å². The zero-order valence-corrected chi connectivity index (χ0v) is 15.8. The van der Waals surface area contributed by atoms with Crippen molar-refractivity contribution in [3.05, 3.63) is 27.2 Å². The van der Waals surface area contributed by atoms with E-state index in [4.69, 9.17) is 0 Å². The van der Waals surface area contributed by atoms with E-state index < -0.39 is 23.3 Å². The number of hydrogen-bond donors (Lipinski definition) is 3. The number of rotatable bonds is 4. The number of carbonyl (C=O) groups is 2. The molecular weight excluding hydrogens is 376 g/mol. The minimum Gasteiger partial charge on any atom is -0.506 e. The van der Waals surface area contributed by atoms with Crippen LogP contribution < -0.4 is 0 Å². The average molecular weight is 399 g/mol. The number of aryl methyl sites for hydroxylation is 1. The van der Waals surface area contributed by atoms with Gasteiger partial charge < -0.3 is 15.3 Å². The molecule has 0 radical (unpaired) electrons. The van der Waals surface area contributed by atoms with Crippen molar-refractivity contribution in [3.63, 3.8) is 0 Å². The third-order valence-electron chi connectivity index (χ3n) is 5.46. The van der Waals surface area contributed by atoms with Gasteiger partial charge in [-0.3, -0.25) is 4.79 Å². The maximum Gasteiger partial charge on any atom is 0.339 e. The summed E-state index contributed by atoms with van der Waals surface area (Å²) in [5.74, 6) is -2.70. The van der Waals surface area contributed by atoms with Crippen LogP contribution in [0, 0.1) is 24.2 Å². The van der Waals surface area contributed by atoms with Gasteiger partial charge in [-0.15, -0.1) is 0 Å². The summed E-state index contributed by atoms with van der Waals surface area (Å²) in [4.78, 5) is 23.8. The highest BCUT2D eigenvalue weighted by Crippen LogP contribution is 2.57. The molecule has 0 amide bonds. The first-order chi connectivity index (χ1) is 11.0. The molecule has 0 spiro atoms. The number of benzene rings is 1. The van der Waals surface area contributed by atoms with E-state index in [-0.39, 0.29) is 23.1 Å². The van der Waals surface area contributed by atoms with Crippen LogP contribution in [0.3, 0.4) is 0 Å². The molecule has 1 aliphatic rings. The number of carboxylic acids is 2. The van der Waals surface area contributed by atoms with Gasteiger partial charge in [0.25, 0.3) is 0 Å². The van der Waals surface area contributed by atoms with E-state index in [9.17, 15) is 24.9 Å². The summed E-state index contributed by atoms with van der Waals surface area (Å²) in [7, 11) is 0. The summed E-state index contributed by atoms with van der Waals surface area (Å²) in [5, 5.41) is 29.8. The molecule has 1 saturated carbocycles. The number of halogens is 1. The summed E-state index contributed by atoms with van der Waals surface area (Å²) in [6.45, 7) is 7.49. The molecule has 24 heavy (non-hydrogen) atoms. The standard InChI is InChI=1S/C18H23BrO5/c1-8(2)10-5-6-18(4,17(23)24)13(10)11-7-9(3)14(19)15(20)12(11)16(21)22/h7-8,10,13,20H,5-6H2,1-4H3,(H,21,22)(H,23,24)/t10-,13-,18-/m1/s1. The van der Waals surface area contributed by atoms with E-state index in [2.05, 4.69) is 15.9 Å². The lowest BCUT2D eigenvalue weighted by atomic mass is 9.69. The molecule has 3 atom stereocenters. The fourth-order valence-corrected chi connectivity index (χ4v) is 4.38. The minimum atomic E-state index is -1.25. The van der Waals surface area contributed by atoms with Gasteiger partial charge in [-0.1, -0.05) is 19.9 Å². The van der Waals surface area contributed by atoms with Gasteiger partial charge in [0.15, 0.2) is 0 Å². The smallest absolute Gasteiger partial charge is 0.339 e. The van der Waals surface area contributed by atoms with Crippen molar-refractivity contribution in [1.82, 2.24) is 0 Å². The minimum absolute atomic E-state index is 0.0455. The molecule has 0 unspecified atom stereocenters. The van der Waals surface area contributed by atoms with Crippen molar-refractivity contribution in [1.29, 1.82) is 0 Å². The Hall–Kier alpha value is -1.56. The van der Waals surface area contributed by atoms with Gasteiger partial charge in [0, 0.05) is 5.92 Å². The summed E-state index contributed by atoms with van der Waals surface area (Å²) in [5.41, 5.74) is -0.139. The van der Waals surface area contributed by atoms with E-state index in [1.807, 2.05) is 13.8 Å². The molecule has 2 rings (SSSR count). The topological polar surface area (TPSA) is 94.8 Å². The predicted molar refractivity (Wildman–Crippen MR) is 93.5 cm³/mol. The Morgan fingerprint density at radius 3 is 2.38 bits per heavy atom. The number of hydrogen-bond acceptors (Lipinski definition) is 3. The SMILES string of the molecule is Cc1cc([C@H]2[C@@H](C(C)C)CC[C@@]2(C)C(=O)O)c(C(=O)O)c(O)c1Br. The third-order valence-corrected chi connectivity index (χ3v) is 6.46. The largest absolute Gasteiger partial charge is 0.506 e. The monoisotopic (exact) mass is 398 g/mol. The summed E-state index contributed by atoms with van der Waals surface area (Å²) in [6.07, 6.45) is 1.21. The molecule has 1 fully saturated rings. The Kier molecular flexibility index (Phi) is 5.00. The van der Waals surface area contributed by atoms with Crippen LogP contribution in [0.5, 0.6) is 5.75 Å². The molecule has 132 valence electrons. The molecule has 5 nitrogen and oxygen atoms in total. The van der Waals surface area contributed by atoms with Crippen LogP contribution >= 0.6 is 15.9 Å². The Bertz CT molecular complexity index is 697. The van der Waals surface area contributed by atoms with Crippen LogP contribution in [0.1, 0.15) is 61.0 Å². The van der Waals surface area contributed by atoms with E-state index >= 15 is 0 Å². The zero-order chi connectivity index (χ0) is 18.4. The quantitative estimate of drug-likeness (QED) is 0.698. The van der Waals surface area contributed by atoms with Crippen LogP contribution in [0.4, 0.5) is 0 Å². The number of aromatic carboxylic acids is 1. The van der Waals surface area contributed by atoms with Crippen molar-refractivity contribution in [2.75, 3.05) is 0 Å². The van der Waals surface area contributed by atoms with Gasteiger partial charge >= 0.3 is 11.9 Å². The molecule has 3 N–H and O–H groups in total. The molecule has 0 bridgehead atoms. The lowest BCUT2D eigenvalue weighted by molar-refractivity contribution is -0.148. The van der Waals surface area contributed by atoms with Gasteiger partial charge in [-0.25, -0.2) is 4.79 Å². The highest BCUT2D eigenvalue weighted by atomic mass is 79.9. The normalized spacial score (nSPS) is 26.8. The Balaban J connectivity index is 2.79. The van der Waals surface area contributed by atoms with Gasteiger partial charge in [-0.05, 0) is 65.6 Å². The van der Waals surface area contributed by atoms with Crippen molar-refractivity contribution in [2.45, 2.75) is 46.5 Å². The zero-order valence-electron chi connectivity index (χ0n) is 14.3.